The third-order valence-corrected chi connectivity index (χ3v) is 4.00. The Morgan fingerprint density at radius 2 is 2.12 bits per heavy atom. The lowest BCUT2D eigenvalue weighted by molar-refractivity contribution is 0.0932. The summed E-state index contributed by atoms with van der Waals surface area (Å²) < 4.78 is 0. The summed E-state index contributed by atoms with van der Waals surface area (Å²) in [6.45, 7) is 1.91. The topological polar surface area (TPSA) is 49.3 Å². The summed E-state index contributed by atoms with van der Waals surface area (Å²) in [5, 5.41) is 12.7. The van der Waals surface area contributed by atoms with Gasteiger partial charge in [0.15, 0.2) is 0 Å². The SMILES string of the molecule is Cc1ccc(O)c(C(=O)NC2CCSCC2)c1. The zero-order valence-corrected chi connectivity index (χ0v) is 10.7. The zero-order chi connectivity index (χ0) is 12.3. The van der Waals surface area contributed by atoms with Gasteiger partial charge < -0.3 is 10.4 Å². The molecular weight excluding hydrogens is 234 g/mol. The lowest BCUT2D eigenvalue weighted by atomic mass is 10.1. The summed E-state index contributed by atoms with van der Waals surface area (Å²) in [4.78, 5) is 12.0. The van der Waals surface area contributed by atoms with Crippen LogP contribution in [0.3, 0.4) is 0 Å². The third kappa shape index (κ3) is 3.16. The maximum Gasteiger partial charge on any atom is 0.255 e. The van der Waals surface area contributed by atoms with E-state index >= 15 is 0 Å². The lowest BCUT2D eigenvalue weighted by Crippen LogP contribution is -2.37. The molecule has 92 valence electrons. The molecular formula is C13H17NO2S. The second-order valence-electron chi connectivity index (χ2n) is 4.38. The average Bonchev–Trinajstić information content (AvgIpc) is 2.33. The fraction of sp³-hybridized carbons (Fsp3) is 0.462. The zero-order valence-electron chi connectivity index (χ0n) is 9.90. The molecule has 2 rings (SSSR count). The normalized spacial score (nSPS) is 16.8. The first-order valence-electron chi connectivity index (χ1n) is 5.85. The van der Waals surface area contributed by atoms with E-state index in [-0.39, 0.29) is 17.7 Å². The molecule has 0 aromatic heterocycles. The van der Waals surface area contributed by atoms with Crippen molar-refractivity contribution in [3.05, 3.63) is 29.3 Å². The maximum atomic E-state index is 12.0. The number of rotatable bonds is 2. The van der Waals surface area contributed by atoms with Crippen molar-refractivity contribution < 1.29 is 9.90 Å². The number of phenols is 1. The van der Waals surface area contributed by atoms with Crippen LogP contribution in [0, 0.1) is 6.92 Å². The van der Waals surface area contributed by atoms with Crippen molar-refractivity contribution in [3.63, 3.8) is 0 Å². The van der Waals surface area contributed by atoms with Crippen LogP contribution in [0.4, 0.5) is 0 Å². The van der Waals surface area contributed by atoms with E-state index in [9.17, 15) is 9.90 Å². The second-order valence-corrected chi connectivity index (χ2v) is 5.61. The van der Waals surface area contributed by atoms with E-state index in [1.54, 1.807) is 18.2 Å². The van der Waals surface area contributed by atoms with Crippen LogP contribution in [0.25, 0.3) is 0 Å². The number of amides is 1. The molecule has 1 aromatic rings. The molecule has 1 heterocycles. The summed E-state index contributed by atoms with van der Waals surface area (Å²) in [6.07, 6.45) is 2.03. The molecule has 3 nitrogen and oxygen atoms in total. The van der Waals surface area contributed by atoms with E-state index in [4.69, 9.17) is 0 Å². The Morgan fingerprint density at radius 3 is 2.82 bits per heavy atom. The van der Waals surface area contributed by atoms with Gasteiger partial charge in [0.2, 0.25) is 0 Å². The minimum Gasteiger partial charge on any atom is -0.507 e. The number of benzene rings is 1. The van der Waals surface area contributed by atoms with Gasteiger partial charge in [0, 0.05) is 6.04 Å². The van der Waals surface area contributed by atoms with Crippen LogP contribution in [0.1, 0.15) is 28.8 Å². The monoisotopic (exact) mass is 251 g/mol. The van der Waals surface area contributed by atoms with Crippen LogP contribution >= 0.6 is 11.8 Å². The van der Waals surface area contributed by atoms with E-state index in [0.717, 1.165) is 29.9 Å². The maximum absolute atomic E-state index is 12.0. The van der Waals surface area contributed by atoms with Crippen molar-refractivity contribution >= 4 is 17.7 Å². The van der Waals surface area contributed by atoms with Gasteiger partial charge in [-0.1, -0.05) is 11.6 Å². The van der Waals surface area contributed by atoms with E-state index in [2.05, 4.69) is 5.32 Å². The van der Waals surface area contributed by atoms with Gasteiger partial charge in [0.1, 0.15) is 5.75 Å². The van der Waals surface area contributed by atoms with Gasteiger partial charge in [-0.2, -0.15) is 11.8 Å². The Labute approximate surface area is 106 Å². The summed E-state index contributed by atoms with van der Waals surface area (Å²) in [5.74, 6) is 2.09. The average molecular weight is 251 g/mol. The smallest absolute Gasteiger partial charge is 0.255 e. The van der Waals surface area contributed by atoms with Crippen LogP contribution in [0.5, 0.6) is 5.75 Å². The largest absolute Gasteiger partial charge is 0.507 e. The van der Waals surface area contributed by atoms with Gasteiger partial charge in [0.05, 0.1) is 5.56 Å². The molecule has 0 spiro atoms. The summed E-state index contributed by atoms with van der Waals surface area (Å²) in [5.41, 5.74) is 1.36. The molecule has 17 heavy (non-hydrogen) atoms. The van der Waals surface area contributed by atoms with Crippen molar-refractivity contribution in [1.29, 1.82) is 0 Å². The highest BCUT2D eigenvalue weighted by Gasteiger charge is 2.18. The number of nitrogens with one attached hydrogen (secondary N) is 1. The van der Waals surface area contributed by atoms with Gasteiger partial charge in [-0.05, 0) is 43.4 Å². The third-order valence-electron chi connectivity index (χ3n) is 2.95. The van der Waals surface area contributed by atoms with Gasteiger partial charge in [-0.25, -0.2) is 0 Å². The molecule has 4 heteroatoms. The van der Waals surface area contributed by atoms with E-state index in [0.29, 0.717) is 5.56 Å². The molecule has 0 saturated carbocycles. The van der Waals surface area contributed by atoms with Crippen LogP contribution in [0.15, 0.2) is 18.2 Å². The molecule has 0 bridgehead atoms. The standard InChI is InChI=1S/C13H17NO2S/c1-9-2-3-12(15)11(8-9)13(16)14-10-4-6-17-7-5-10/h2-3,8,10,15H,4-7H2,1H3,(H,14,16). The number of thioether (sulfide) groups is 1. The van der Waals surface area contributed by atoms with Gasteiger partial charge in [-0.15, -0.1) is 0 Å². The first kappa shape index (κ1) is 12.3. The lowest BCUT2D eigenvalue weighted by Gasteiger charge is -2.22. The Kier molecular flexibility index (Phi) is 3.94. The molecule has 0 unspecified atom stereocenters. The van der Waals surface area contributed by atoms with E-state index < -0.39 is 0 Å². The predicted octanol–water partition coefficient (Wildman–Crippen LogP) is 2.33. The molecule has 1 amide bonds. The fourth-order valence-electron chi connectivity index (χ4n) is 1.94. The van der Waals surface area contributed by atoms with E-state index in [1.165, 1.54) is 0 Å². The first-order chi connectivity index (χ1) is 8.16. The Bertz CT molecular complexity index is 414. The van der Waals surface area contributed by atoms with Crippen LogP contribution in [-0.4, -0.2) is 28.6 Å². The fourth-order valence-corrected chi connectivity index (χ4v) is 3.04. The quantitative estimate of drug-likeness (QED) is 0.848. The highest BCUT2D eigenvalue weighted by atomic mass is 32.2. The molecule has 0 radical (unpaired) electrons. The predicted molar refractivity (Wildman–Crippen MR) is 70.7 cm³/mol. The summed E-state index contributed by atoms with van der Waals surface area (Å²) >= 11 is 1.93. The van der Waals surface area contributed by atoms with Crippen molar-refractivity contribution in [1.82, 2.24) is 5.32 Å². The van der Waals surface area contributed by atoms with Crippen LogP contribution < -0.4 is 5.32 Å². The number of carbonyl (C=O) groups excluding carboxylic acids is 1. The molecule has 0 aliphatic carbocycles. The van der Waals surface area contributed by atoms with Crippen LogP contribution in [0.2, 0.25) is 0 Å². The number of phenolic OH excluding ortho intramolecular Hbond substituents is 1. The number of hydrogen-bond acceptors (Lipinski definition) is 3. The first-order valence-corrected chi connectivity index (χ1v) is 7.00. The minimum atomic E-state index is -0.164. The number of carbonyl (C=O) groups is 1. The van der Waals surface area contributed by atoms with Crippen molar-refractivity contribution in [2.24, 2.45) is 0 Å². The molecule has 1 aromatic carbocycles. The van der Waals surface area contributed by atoms with Gasteiger partial charge in [0.25, 0.3) is 5.91 Å². The molecule has 0 atom stereocenters. The highest BCUT2D eigenvalue weighted by molar-refractivity contribution is 7.99. The van der Waals surface area contributed by atoms with E-state index in [1.807, 2.05) is 18.7 Å². The van der Waals surface area contributed by atoms with Gasteiger partial charge in [-0.3, -0.25) is 4.79 Å². The number of aryl methyl sites for hydroxylation is 1. The van der Waals surface area contributed by atoms with Crippen molar-refractivity contribution in [2.75, 3.05) is 11.5 Å². The molecule has 1 aliphatic heterocycles. The number of aromatic hydroxyl groups is 1. The van der Waals surface area contributed by atoms with Crippen molar-refractivity contribution in [3.8, 4) is 5.75 Å². The summed E-state index contributed by atoms with van der Waals surface area (Å²) in [6, 6.07) is 5.34. The molecule has 1 saturated heterocycles. The van der Waals surface area contributed by atoms with Crippen LogP contribution in [-0.2, 0) is 0 Å². The number of hydrogen-bond donors (Lipinski definition) is 2. The summed E-state index contributed by atoms with van der Waals surface area (Å²) in [7, 11) is 0. The highest BCUT2D eigenvalue weighted by Crippen LogP contribution is 2.20. The Balaban J connectivity index is 2.05. The second kappa shape index (κ2) is 5.45. The molecule has 1 aliphatic rings. The van der Waals surface area contributed by atoms with Crippen molar-refractivity contribution in [2.45, 2.75) is 25.8 Å². The Morgan fingerprint density at radius 1 is 1.41 bits per heavy atom. The minimum absolute atomic E-state index is 0.0540. The molecule has 2 N–H and O–H groups in total. The Hall–Kier alpha value is -1.16. The molecule has 1 fully saturated rings. The van der Waals surface area contributed by atoms with Gasteiger partial charge >= 0.3 is 0 Å².